The molecule has 0 radical (unpaired) electrons. The molecule has 0 aliphatic carbocycles. The molecule has 2 N–H and O–H groups in total. The first-order valence-electron chi connectivity index (χ1n) is 9.95. The minimum atomic E-state index is -4.46. The second kappa shape index (κ2) is 10.0. The SMILES string of the molecule is FC(F)(F)c1cccc(Nc2nc(N/N=C\c3ccccc3Cl)nc(N3CCOCC3)n2)c1. The molecule has 172 valence electrons. The van der Waals surface area contributed by atoms with E-state index in [4.69, 9.17) is 16.3 Å². The maximum atomic E-state index is 13.1. The van der Waals surface area contributed by atoms with E-state index in [0.717, 1.165) is 12.1 Å². The Morgan fingerprint density at radius 2 is 1.76 bits per heavy atom. The van der Waals surface area contributed by atoms with Gasteiger partial charge in [-0.2, -0.15) is 33.2 Å². The first-order chi connectivity index (χ1) is 15.9. The Balaban J connectivity index is 1.60. The third-order valence-corrected chi connectivity index (χ3v) is 4.98. The molecule has 0 saturated carbocycles. The average Bonchev–Trinajstić information content (AvgIpc) is 2.80. The fraction of sp³-hybridized carbons (Fsp3) is 0.238. The van der Waals surface area contributed by atoms with Gasteiger partial charge in [0.1, 0.15) is 0 Å². The summed E-state index contributed by atoms with van der Waals surface area (Å²) in [4.78, 5) is 14.9. The summed E-state index contributed by atoms with van der Waals surface area (Å²) in [6, 6.07) is 11.9. The fourth-order valence-electron chi connectivity index (χ4n) is 3.02. The molecule has 0 amide bonds. The molecule has 2 aromatic carbocycles. The molecule has 1 aromatic heterocycles. The van der Waals surface area contributed by atoms with Gasteiger partial charge in [0.25, 0.3) is 0 Å². The molecule has 12 heteroatoms. The zero-order valence-corrected chi connectivity index (χ0v) is 17.9. The smallest absolute Gasteiger partial charge is 0.378 e. The number of hydrogen-bond acceptors (Lipinski definition) is 8. The highest BCUT2D eigenvalue weighted by atomic mass is 35.5. The van der Waals surface area contributed by atoms with Gasteiger partial charge < -0.3 is 15.0 Å². The van der Waals surface area contributed by atoms with E-state index < -0.39 is 11.7 Å². The number of halogens is 4. The van der Waals surface area contributed by atoms with Gasteiger partial charge in [0.2, 0.25) is 17.8 Å². The van der Waals surface area contributed by atoms with Crippen LogP contribution in [0.2, 0.25) is 5.02 Å². The third kappa shape index (κ3) is 6.08. The van der Waals surface area contributed by atoms with Crippen molar-refractivity contribution in [2.24, 2.45) is 5.10 Å². The zero-order chi connectivity index (χ0) is 23.3. The van der Waals surface area contributed by atoms with Crippen LogP contribution in [0.25, 0.3) is 0 Å². The van der Waals surface area contributed by atoms with Gasteiger partial charge in [0.05, 0.1) is 25.0 Å². The van der Waals surface area contributed by atoms with Gasteiger partial charge in [0.15, 0.2) is 0 Å². The minimum absolute atomic E-state index is 0.0706. The molecular weight excluding hydrogens is 459 g/mol. The van der Waals surface area contributed by atoms with E-state index >= 15 is 0 Å². The highest BCUT2D eigenvalue weighted by Gasteiger charge is 2.30. The summed E-state index contributed by atoms with van der Waals surface area (Å²) < 4.78 is 44.5. The Bertz CT molecular complexity index is 1140. The molecule has 8 nitrogen and oxygen atoms in total. The quantitative estimate of drug-likeness (QED) is 0.397. The summed E-state index contributed by atoms with van der Waals surface area (Å²) in [6.07, 6.45) is -2.95. The van der Waals surface area contributed by atoms with Crippen molar-refractivity contribution in [3.63, 3.8) is 0 Å². The lowest BCUT2D eigenvalue weighted by Crippen LogP contribution is -2.37. The highest BCUT2D eigenvalue weighted by molar-refractivity contribution is 6.33. The van der Waals surface area contributed by atoms with Gasteiger partial charge in [-0.05, 0) is 24.3 Å². The van der Waals surface area contributed by atoms with Crippen LogP contribution in [0.1, 0.15) is 11.1 Å². The standard InChI is InChI=1S/C21H19ClF3N7O/c22-17-7-2-1-4-14(17)13-26-31-19-28-18(29-20(30-19)32-8-10-33-11-9-32)27-16-6-3-5-15(12-16)21(23,24)25/h1-7,12-13H,8-11H2,(H2,27,28,29,30,31)/b26-13-. The van der Waals surface area contributed by atoms with Gasteiger partial charge in [-0.15, -0.1) is 0 Å². The number of nitrogens with zero attached hydrogens (tertiary/aromatic N) is 5. The molecule has 0 atom stereocenters. The molecule has 33 heavy (non-hydrogen) atoms. The van der Waals surface area contributed by atoms with E-state index in [-0.39, 0.29) is 17.6 Å². The molecule has 1 saturated heterocycles. The summed E-state index contributed by atoms with van der Waals surface area (Å²) >= 11 is 6.12. The zero-order valence-electron chi connectivity index (χ0n) is 17.2. The minimum Gasteiger partial charge on any atom is -0.378 e. The number of aromatic nitrogens is 3. The van der Waals surface area contributed by atoms with Crippen molar-refractivity contribution in [2.45, 2.75) is 6.18 Å². The van der Waals surface area contributed by atoms with Gasteiger partial charge in [-0.1, -0.05) is 35.9 Å². The number of morpholine rings is 1. The van der Waals surface area contributed by atoms with E-state index in [1.54, 1.807) is 18.2 Å². The Labute approximate surface area is 192 Å². The third-order valence-electron chi connectivity index (χ3n) is 4.64. The largest absolute Gasteiger partial charge is 0.416 e. The molecule has 1 fully saturated rings. The van der Waals surface area contributed by atoms with Gasteiger partial charge in [0, 0.05) is 29.4 Å². The maximum absolute atomic E-state index is 13.1. The highest BCUT2D eigenvalue weighted by Crippen LogP contribution is 2.31. The van der Waals surface area contributed by atoms with Crippen LogP contribution in [0.4, 0.5) is 36.7 Å². The van der Waals surface area contributed by atoms with Crippen molar-refractivity contribution in [1.29, 1.82) is 0 Å². The van der Waals surface area contributed by atoms with Crippen LogP contribution in [0.5, 0.6) is 0 Å². The van der Waals surface area contributed by atoms with E-state index in [1.165, 1.54) is 18.3 Å². The molecule has 4 rings (SSSR count). The predicted octanol–water partition coefficient (Wildman–Crippen LogP) is 4.57. The molecule has 1 aliphatic heterocycles. The summed E-state index contributed by atoms with van der Waals surface area (Å²) in [5, 5.41) is 7.47. The van der Waals surface area contributed by atoms with Crippen LogP contribution in [0.15, 0.2) is 53.6 Å². The van der Waals surface area contributed by atoms with E-state index in [9.17, 15) is 13.2 Å². The van der Waals surface area contributed by atoms with E-state index in [1.807, 2.05) is 11.0 Å². The van der Waals surface area contributed by atoms with Crippen LogP contribution in [0.3, 0.4) is 0 Å². The topological polar surface area (TPSA) is 87.6 Å². The van der Waals surface area contributed by atoms with Crippen LogP contribution in [0, 0.1) is 0 Å². The van der Waals surface area contributed by atoms with Crippen molar-refractivity contribution in [3.05, 3.63) is 64.7 Å². The summed E-state index contributed by atoms with van der Waals surface area (Å²) in [6.45, 7) is 2.15. The van der Waals surface area contributed by atoms with Crippen LogP contribution in [-0.4, -0.2) is 47.5 Å². The Morgan fingerprint density at radius 1 is 1.00 bits per heavy atom. The van der Waals surface area contributed by atoms with Crippen molar-refractivity contribution >= 4 is 41.3 Å². The van der Waals surface area contributed by atoms with Gasteiger partial charge in [-0.25, -0.2) is 5.43 Å². The number of rotatable bonds is 6. The normalized spacial score (nSPS) is 14.5. The summed E-state index contributed by atoms with van der Waals surface area (Å²) in [5.74, 6) is 0.531. The molecule has 3 aromatic rings. The van der Waals surface area contributed by atoms with Crippen molar-refractivity contribution in [2.75, 3.05) is 41.9 Å². The van der Waals surface area contributed by atoms with E-state index in [0.29, 0.717) is 42.8 Å². The number of hydrogen-bond donors (Lipinski definition) is 2. The van der Waals surface area contributed by atoms with Crippen LogP contribution >= 0.6 is 11.6 Å². The number of alkyl halides is 3. The average molecular weight is 478 g/mol. The first-order valence-corrected chi connectivity index (χ1v) is 10.3. The van der Waals surface area contributed by atoms with Crippen molar-refractivity contribution in [1.82, 2.24) is 15.0 Å². The number of benzene rings is 2. The maximum Gasteiger partial charge on any atom is 0.416 e. The van der Waals surface area contributed by atoms with E-state index in [2.05, 4.69) is 30.8 Å². The fourth-order valence-corrected chi connectivity index (χ4v) is 3.20. The molecular formula is C21H19ClF3N7O. The Morgan fingerprint density at radius 3 is 2.52 bits per heavy atom. The summed E-state index contributed by atoms with van der Waals surface area (Å²) in [5.41, 5.74) is 2.83. The molecule has 0 spiro atoms. The monoisotopic (exact) mass is 477 g/mol. The van der Waals surface area contributed by atoms with Crippen molar-refractivity contribution < 1.29 is 17.9 Å². The second-order valence-electron chi connectivity index (χ2n) is 6.98. The molecule has 0 bridgehead atoms. The number of nitrogens with one attached hydrogen (secondary N) is 2. The number of anilines is 4. The predicted molar refractivity (Wildman–Crippen MR) is 120 cm³/mol. The second-order valence-corrected chi connectivity index (χ2v) is 7.38. The lowest BCUT2D eigenvalue weighted by molar-refractivity contribution is -0.137. The van der Waals surface area contributed by atoms with Crippen LogP contribution < -0.4 is 15.6 Å². The van der Waals surface area contributed by atoms with Crippen molar-refractivity contribution in [3.8, 4) is 0 Å². The molecule has 0 unspecified atom stereocenters. The Hall–Kier alpha value is -3.44. The van der Waals surface area contributed by atoms with Gasteiger partial charge in [-0.3, -0.25) is 0 Å². The molecule has 1 aliphatic rings. The first kappa shape index (κ1) is 22.7. The lowest BCUT2D eigenvalue weighted by atomic mass is 10.2. The summed E-state index contributed by atoms with van der Waals surface area (Å²) in [7, 11) is 0. The number of hydrazone groups is 1. The Kier molecular flexibility index (Phi) is 6.90. The molecule has 2 heterocycles. The van der Waals surface area contributed by atoms with Crippen LogP contribution in [-0.2, 0) is 10.9 Å². The number of ether oxygens (including phenoxy) is 1. The lowest BCUT2D eigenvalue weighted by Gasteiger charge is -2.27. The van der Waals surface area contributed by atoms with Gasteiger partial charge >= 0.3 is 6.18 Å².